The smallest absolute Gasteiger partial charge is 0.158 e. The van der Waals surface area contributed by atoms with E-state index in [4.69, 9.17) is 12.2 Å². The standard InChI is InChI=1S/C7H7N3.2C2H6.CH4/c1-3-6-7(8)9-4-5(2)10-6;2*1-2;/h1,4H,2H3,(H2,8,9);2*1-2H3;1H4. The molecular weight excluding hydrogens is 186 g/mol. The molecule has 1 rings (SSSR count). The molecule has 2 N–H and O–H groups in total. The number of rotatable bonds is 0. The number of nitrogen functional groups attached to an aromatic ring is 1. The highest BCUT2D eigenvalue weighted by molar-refractivity contribution is 5.44. The maximum Gasteiger partial charge on any atom is 0.158 e. The number of terminal acetylenes is 1. The molecule has 0 saturated carbocycles. The van der Waals surface area contributed by atoms with Gasteiger partial charge in [0.2, 0.25) is 0 Å². The van der Waals surface area contributed by atoms with Crippen LogP contribution in [-0.4, -0.2) is 9.97 Å². The van der Waals surface area contributed by atoms with Crippen LogP contribution in [0.1, 0.15) is 46.5 Å². The highest BCUT2D eigenvalue weighted by atomic mass is 14.9. The van der Waals surface area contributed by atoms with Crippen molar-refractivity contribution in [2.75, 3.05) is 5.73 Å². The molecule has 0 aliphatic heterocycles. The zero-order valence-electron chi connectivity index (χ0n) is 9.63. The van der Waals surface area contributed by atoms with E-state index in [1.165, 1.54) is 0 Å². The molecule has 15 heavy (non-hydrogen) atoms. The molecule has 1 aromatic heterocycles. The number of nitrogens with zero attached hydrogens (tertiary/aromatic N) is 2. The Balaban J connectivity index is -0.000000258. The second-order valence-electron chi connectivity index (χ2n) is 1.89. The van der Waals surface area contributed by atoms with E-state index in [0.717, 1.165) is 5.69 Å². The predicted octanol–water partition coefficient (Wildman–Crippen LogP) is 3.04. The highest BCUT2D eigenvalue weighted by Gasteiger charge is 1.96. The Labute approximate surface area is 94.1 Å². The zero-order chi connectivity index (χ0) is 11.6. The van der Waals surface area contributed by atoms with Crippen molar-refractivity contribution in [1.29, 1.82) is 0 Å². The minimum atomic E-state index is 0. The molecule has 0 amide bonds. The molecule has 0 saturated heterocycles. The van der Waals surface area contributed by atoms with Crippen molar-refractivity contribution in [3.63, 3.8) is 0 Å². The third-order valence-electron chi connectivity index (χ3n) is 1.06. The van der Waals surface area contributed by atoms with Gasteiger partial charge in [-0.2, -0.15) is 0 Å². The van der Waals surface area contributed by atoms with E-state index >= 15 is 0 Å². The van der Waals surface area contributed by atoms with Crippen molar-refractivity contribution >= 4 is 5.82 Å². The lowest BCUT2D eigenvalue weighted by molar-refractivity contribution is 1.11. The molecule has 3 nitrogen and oxygen atoms in total. The SMILES string of the molecule is C.C#Cc1nc(C)cnc1N.CC.CC. The van der Waals surface area contributed by atoms with E-state index in [9.17, 15) is 0 Å². The number of aromatic nitrogens is 2. The third-order valence-corrected chi connectivity index (χ3v) is 1.06. The second kappa shape index (κ2) is 12.4. The average Bonchev–Trinajstić information content (AvgIpc) is 2.27. The Morgan fingerprint density at radius 2 is 1.73 bits per heavy atom. The van der Waals surface area contributed by atoms with Gasteiger partial charge in [-0.05, 0) is 12.8 Å². The summed E-state index contributed by atoms with van der Waals surface area (Å²) in [4.78, 5) is 7.79. The van der Waals surface area contributed by atoms with E-state index in [1.54, 1.807) is 6.20 Å². The van der Waals surface area contributed by atoms with Crippen molar-refractivity contribution in [1.82, 2.24) is 9.97 Å². The van der Waals surface area contributed by atoms with Gasteiger partial charge in [0.15, 0.2) is 11.5 Å². The lowest BCUT2D eigenvalue weighted by Crippen LogP contribution is -1.98. The number of aryl methyl sites for hydroxylation is 1. The first kappa shape index (κ1) is 19.1. The average molecular weight is 209 g/mol. The highest BCUT2D eigenvalue weighted by Crippen LogP contribution is 2.02. The summed E-state index contributed by atoms with van der Waals surface area (Å²) in [5.74, 6) is 2.65. The third kappa shape index (κ3) is 7.51. The van der Waals surface area contributed by atoms with Gasteiger partial charge in [-0.1, -0.05) is 35.1 Å². The van der Waals surface area contributed by atoms with Gasteiger partial charge in [-0.15, -0.1) is 6.42 Å². The Hall–Kier alpha value is -1.56. The largest absolute Gasteiger partial charge is 0.381 e. The molecule has 1 heterocycles. The van der Waals surface area contributed by atoms with Gasteiger partial charge in [0.05, 0.1) is 11.9 Å². The molecular formula is C12H23N3. The number of nitrogens with two attached hydrogens (primary N) is 1. The van der Waals surface area contributed by atoms with Gasteiger partial charge >= 0.3 is 0 Å². The molecule has 1 aromatic rings. The Morgan fingerprint density at radius 3 is 2.07 bits per heavy atom. The van der Waals surface area contributed by atoms with E-state index in [2.05, 4.69) is 15.9 Å². The summed E-state index contributed by atoms with van der Waals surface area (Å²) in [5.41, 5.74) is 6.58. The van der Waals surface area contributed by atoms with Gasteiger partial charge in [-0.25, -0.2) is 9.97 Å². The van der Waals surface area contributed by atoms with Gasteiger partial charge in [0, 0.05) is 0 Å². The van der Waals surface area contributed by atoms with Crippen molar-refractivity contribution < 1.29 is 0 Å². The molecule has 0 radical (unpaired) electrons. The Bertz CT molecular complexity index is 287. The van der Waals surface area contributed by atoms with Gasteiger partial charge in [0.1, 0.15) is 0 Å². The van der Waals surface area contributed by atoms with Crippen LogP contribution in [0.4, 0.5) is 5.82 Å². The van der Waals surface area contributed by atoms with Crippen molar-refractivity contribution in [3.05, 3.63) is 17.6 Å². The fourth-order valence-corrected chi connectivity index (χ4v) is 0.593. The monoisotopic (exact) mass is 209 g/mol. The molecule has 0 unspecified atom stereocenters. The molecule has 0 atom stereocenters. The van der Waals surface area contributed by atoms with Crippen LogP contribution >= 0.6 is 0 Å². The molecule has 0 aliphatic carbocycles. The van der Waals surface area contributed by atoms with E-state index in [0.29, 0.717) is 11.5 Å². The van der Waals surface area contributed by atoms with Crippen LogP contribution in [0.5, 0.6) is 0 Å². The summed E-state index contributed by atoms with van der Waals surface area (Å²) in [5, 5.41) is 0. The predicted molar refractivity (Wildman–Crippen MR) is 68.5 cm³/mol. The quantitative estimate of drug-likeness (QED) is 0.668. The summed E-state index contributed by atoms with van der Waals surface area (Å²) in [6.45, 7) is 9.81. The lowest BCUT2D eigenvalue weighted by atomic mass is 10.4. The van der Waals surface area contributed by atoms with Crippen LogP contribution in [-0.2, 0) is 0 Å². The van der Waals surface area contributed by atoms with Crippen LogP contribution in [0.15, 0.2) is 6.20 Å². The second-order valence-corrected chi connectivity index (χ2v) is 1.89. The van der Waals surface area contributed by atoms with E-state index in [1.807, 2.05) is 34.6 Å². The van der Waals surface area contributed by atoms with Gasteiger partial charge in [0.25, 0.3) is 0 Å². The van der Waals surface area contributed by atoms with Crippen LogP contribution in [0.2, 0.25) is 0 Å². The molecule has 86 valence electrons. The van der Waals surface area contributed by atoms with Crippen LogP contribution in [0, 0.1) is 19.3 Å². The normalized spacial score (nSPS) is 6.67. The topological polar surface area (TPSA) is 51.8 Å². The lowest BCUT2D eigenvalue weighted by Gasteiger charge is -1.95. The van der Waals surface area contributed by atoms with E-state index in [-0.39, 0.29) is 7.43 Å². The first-order chi connectivity index (χ1) is 6.74. The van der Waals surface area contributed by atoms with Crippen LogP contribution in [0.25, 0.3) is 0 Å². The number of hydrogen-bond donors (Lipinski definition) is 1. The zero-order valence-corrected chi connectivity index (χ0v) is 9.63. The van der Waals surface area contributed by atoms with Crippen LogP contribution < -0.4 is 5.73 Å². The molecule has 0 aromatic carbocycles. The fourth-order valence-electron chi connectivity index (χ4n) is 0.593. The first-order valence-electron chi connectivity index (χ1n) is 4.80. The molecule has 3 heteroatoms. The molecule has 0 fully saturated rings. The van der Waals surface area contributed by atoms with Crippen molar-refractivity contribution in [2.24, 2.45) is 0 Å². The van der Waals surface area contributed by atoms with Gasteiger partial charge < -0.3 is 5.73 Å². The molecule has 0 aliphatic rings. The van der Waals surface area contributed by atoms with Crippen molar-refractivity contribution in [2.45, 2.75) is 42.0 Å². The van der Waals surface area contributed by atoms with Gasteiger partial charge in [-0.3, -0.25) is 0 Å². The summed E-state index contributed by atoms with van der Waals surface area (Å²) in [6, 6.07) is 0. The number of anilines is 1. The molecule has 0 spiro atoms. The summed E-state index contributed by atoms with van der Waals surface area (Å²) in [6.07, 6.45) is 6.67. The summed E-state index contributed by atoms with van der Waals surface area (Å²) < 4.78 is 0. The first-order valence-corrected chi connectivity index (χ1v) is 4.80. The minimum absolute atomic E-state index is 0. The maximum atomic E-state index is 5.38. The van der Waals surface area contributed by atoms with E-state index < -0.39 is 0 Å². The van der Waals surface area contributed by atoms with Crippen molar-refractivity contribution in [3.8, 4) is 12.3 Å². The minimum Gasteiger partial charge on any atom is -0.381 e. The van der Waals surface area contributed by atoms with Crippen LogP contribution in [0.3, 0.4) is 0 Å². The Kier molecular flexibility index (Phi) is 15.8. The number of hydrogen-bond acceptors (Lipinski definition) is 3. The summed E-state index contributed by atoms with van der Waals surface area (Å²) in [7, 11) is 0. The maximum absolute atomic E-state index is 5.38. The fraction of sp³-hybridized carbons (Fsp3) is 0.500. The summed E-state index contributed by atoms with van der Waals surface area (Å²) >= 11 is 0. The Morgan fingerprint density at radius 1 is 1.27 bits per heavy atom. The molecule has 0 bridgehead atoms.